The molecule has 110 valence electrons. The zero-order valence-electron chi connectivity index (χ0n) is 12.4. The first kappa shape index (κ1) is 14.6. The van der Waals surface area contributed by atoms with Crippen molar-refractivity contribution in [1.82, 2.24) is 14.7 Å². The topological polar surface area (TPSA) is 29.3 Å². The van der Waals surface area contributed by atoms with Crippen molar-refractivity contribution in [2.24, 2.45) is 0 Å². The Hall–Kier alpha value is -1.36. The molecule has 1 N–H and O–H groups in total. The minimum Gasteiger partial charge on any atom is -0.305 e. The Morgan fingerprint density at radius 2 is 2.00 bits per heavy atom. The highest BCUT2D eigenvalue weighted by molar-refractivity contribution is 7.15. The maximum atomic E-state index is 5.93. The number of halogens is 1. The van der Waals surface area contributed by atoms with Gasteiger partial charge in [-0.15, -0.1) is 11.3 Å². The summed E-state index contributed by atoms with van der Waals surface area (Å²) in [6, 6.07) is 8.26. The van der Waals surface area contributed by atoms with E-state index >= 15 is 0 Å². The molecule has 5 heteroatoms. The van der Waals surface area contributed by atoms with Crippen LogP contribution in [0, 0.1) is 13.8 Å². The molecule has 0 unspecified atom stereocenters. The smallest absolute Gasteiger partial charge is 0.194 e. The number of thiazole rings is 1. The van der Waals surface area contributed by atoms with Crippen LogP contribution in [0.2, 0.25) is 5.02 Å². The van der Waals surface area contributed by atoms with Gasteiger partial charge in [0.15, 0.2) is 4.96 Å². The molecule has 0 fully saturated rings. The number of nitrogens with zero attached hydrogens (tertiary/aromatic N) is 2. The standard InChI is InChI=1S/C16H18ClN3S/c1-10-9-21-16-19-12(3)15(20(10)16)8-18-11(2)13-4-6-14(17)7-5-13/h4-7,9,11,18H,8H2,1-3H3/t11-/m0/s1. The highest BCUT2D eigenvalue weighted by Crippen LogP contribution is 2.22. The van der Waals surface area contributed by atoms with Crippen molar-refractivity contribution in [2.75, 3.05) is 0 Å². The number of aryl methyl sites for hydroxylation is 2. The van der Waals surface area contributed by atoms with Crippen molar-refractivity contribution in [3.8, 4) is 0 Å². The quantitative estimate of drug-likeness (QED) is 0.766. The molecule has 1 aromatic carbocycles. The van der Waals surface area contributed by atoms with E-state index in [1.807, 2.05) is 12.1 Å². The third kappa shape index (κ3) is 2.84. The second-order valence-corrected chi connectivity index (χ2v) is 6.57. The predicted octanol–water partition coefficient (Wildman–Crippen LogP) is 4.52. The summed E-state index contributed by atoms with van der Waals surface area (Å²) >= 11 is 7.63. The molecular formula is C16H18ClN3S. The maximum Gasteiger partial charge on any atom is 0.194 e. The Morgan fingerprint density at radius 3 is 2.71 bits per heavy atom. The molecule has 2 heterocycles. The van der Waals surface area contributed by atoms with Gasteiger partial charge in [0.2, 0.25) is 0 Å². The molecule has 0 saturated carbocycles. The van der Waals surface area contributed by atoms with Crippen LogP contribution in [0.3, 0.4) is 0 Å². The second kappa shape index (κ2) is 5.79. The average molecular weight is 320 g/mol. The number of rotatable bonds is 4. The summed E-state index contributed by atoms with van der Waals surface area (Å²) in [6.45, 7) is 7.16. The molecule has 0 aliphatic carbocycles. The van der Waals surface area contributed by atoms with E-state index < -0.39 is 0 Å². The van der Waals surface area contributed by atoms with E-state index in [-0.39, 0.29) is 6.04 Å². The molecule has 3 rings (SSSR count). The van der Waals surface area contributed by atoms with Crippen molar-refractivity contribution >= 4 is 27.9 Å². The van der Waals surface area contributed by atoms with Gasteiger partial charge in [-0.1, -0.05) is 23.7 Å². The van der Waals surface area contributed by atoms with E-state index in [9.17, 15) is 0 Å². The lowest BCUT2D eigenvalue weighted by molar-refractivity contribution is 0.564. The second-order valence-electron chi connectivity index (χ2n) is 5.29. The number of fused-ring (bicyclic) bond motifs is 1. The van der Waals surface area contributed by atoms with E-state index in [0.29, 0.717) is 0 Å². The van der Waals surface area contributed by atoms with Crippen molar-refractivity contribution < 1.29 is 0 Å². The van der Waals surface area contributed by atoms with E-state index in [2.05, 4.69) is 53.0 Å². The minimum absolute atomic E-state index is 0.270. The van der Waals surface area contributed by atoms with Gasteiger partial charge in [-0.2, -0.15) is 0 Å². The summed E-state index contributed by atoms with van der Waals surface area (Å²) in [6.07, 6.45) is 0. The zero-order chi connectivity index (χ0) is 15.0. The third-order valence-electron chi connectivity index (χ3n) is 3.78. The van der Waals surface area contributed by atoms with Crippen LogP contribution in [0.1, 0.15) is 35.6 Å². The zero-order valence-corrected chi connectivity index (χ0v) is 13.9. The predicted molar refractivity (Wildman–Crippen MR) is 89.2 cm³/mol. The maximum absolute atomic E-state index is 5.93. The van der Waals surface area contributed by atoms with Gasteiger partial charge in [-0.3, -0.25) is 4.40 Å². The molecule has 3 nitrogen and oxygen atoms in total. The highest BCUT2D eigenvalue weighted by atomic mass is 35.5. The van der Waals surface area contributed by atoms with Crippen LogP contribution >= 0.6 is 22.9 Å². The lowest BCUT2D eigenvalue weighted by Gasteiger charge is -2.14. The summed E-state index contributed by atoms with van der Waals surface area (Å²) in [4.78, 5) is 5.69. The molecule has 0 aliphatic heterocycles. The molecule has 21 heavy (non-hydrogen) atoms. The average Bonchev–Trinajstić information content (AvgIpc) is 2.97. The Kier molecular flexibility index (Phi) is 4.02. The lowest BCUT2D eigenvalue weighted by atomic mass is 10.1. The highest BCUT2D eigenvalue weighted by Gasteiger charge is 2.13. The van der Waals surface area contributed by atoms with Gasteiger partial charge >= 0.3 is 0 Å². The van der Waals surface area contributed by atoms with Crippen LogP contribution in [0.25, 0.3) is 4.96 Å². The molecule has 0 spiro atoms. The molecule has 0 amide bonds. The fourth-order valence-electron chi connectivity index (χ4n) is 2.49. The Bertz CT molecular complexity index is 758. The molecule has 3 aromatic rings. The summed E-state index contributed by atoms with van der Waals surface area (Å²) in [5, 5.41) is 6.49. The summed E-state index contributed by atoms with van der Waals surface area (Å²) in [5.74, 6) is 0. The first-order valence-corrected chi connectivity index (χ1v) is 8.23. The van der Waals surface area contributed by atoms with E-state index in [1.165, 1.54) is 17.0 Å². The van der Waals surface area contributed by atoms with Gasteiger partial charge in [-0.05, 0) is 38.5 Å². The number of benzene rings is 1. The van der Waals surface area contributed by atoms with Gasteiger partial charge < -0.3 is 5.32 Å². The Balaban J connectivity index is 1.78. The van der Waals surface area contributed by atoms with Crippen LogP contribution in [-0.2, 0) is 6.54 Å². The molecule has 0 radical (unpaired) electrons. The van der Waals surface area contributed by atoms with Crippen molar-refractivity contribution in [3.63, 3.8) is 0 Å². The van der Waals surface area contributed by atoms with Crippen LogP contribution in [0.5, 0.6) is 0 Å². The van der Waals surface area contributed by atoms with Gasteiger partial charge in [0, 0.05) is 28.7 Å². The first-order chi connectivity index (χ1) is 10.1. The summed E-state index contributed by atoms with van der Waals surface area (Å²) < 4.78 is 2.24. The van der Waals surface area contributed by atoms with Crippen LogP contribution in [0.4, 0.5) is 0 Å². The molecule has 0 bridgehead atoms. The molecule has 0 aliphatic rings. The molecule has 0 saturated heterocycles. The third-order valence-corrected chi connectivity index (χ3v) is 4.97. The van der Waals surface area contributed by atoms with Crippen molar-refractivity contribution in [3.05, 3.63) is 57.3 Å². The number of hydrogen-bond donors (Lipinski definition) is 1. The Labute approximate surface area is 133 Å². The Morgan fingerprint density at radius 1 is 1.29 bits per heavy atom. The first-order valence-electron chi connectivity index (χ1n) is 6.97. The van der Waals surface area contributed by atoms with Gasteiger partial charge in [0.1, 0.15) is 0 Å². The van der Waals surface area contributed by atoms with Crippen LogP contribution < -0.4 is 5.32 Å². The van der Waals surface area contributed by atoms with E-state index in [4.69, 9.17) is 11.6 Å². The lowest BCUT2D eigenvalue weighted by Crippen LogP contribution is -2.19. The van der Waals surface area contributed by atoms with Gasteiger partial charge in [-0.25, -0.2) is 4.98 Å². The van der Waals surface area contributed by atoms with Crippen molar-refractivity contribution in [1.29, 1.82) is 0 Å². The number of imidazole rings is 1. The molecule has 2 aromatic heterocycles. The number of nitrogens with one attached hydrogen (secondary N) is 1. The monoisotopic (exact) mass is 319 g/mol. The summed E-state index contributed by atoms with van der Waals surface area (Å²) in [7, 11) is 0. The van der Waals surface area contributed by atoms with Gasteiger partial charge in [0.25, 0.3) is 0 Å². The number of hydrogen-bond acceptors (Lipinski definition) is 3. The molecular weight excluding hydrogens is 302 g/mol. The van der Waals surface area contributed by atoms with Crippen molar-refractivity contribution in [2.45, 2.75) is 33.4 Å². The van der Waals surface area contributed by atoms with E-state index in [0.717, 1.165) is 22.2 Å². The normalized spacial score (nSPS) is 13.0. The largest absolute Gasteiger partial charge is 0.305 e. The van der Waals surface area contributed by atoms with Crippen LogP contribution in [0.15, 0.2) is 29.6 Å². The summed E-state index contributed by atoms with van der Waals surface area (Å²) in [5.41, 5.74) is 4.82. The SMILES string of the molecule is Cc1nc2scc(C)n2c1CN[C@@H](C)c1ccc(Cl)cc1. The number of aromatic nitrogens is 2. The van der Waals surface area contributed by atoms with E-state index in [1.54, 1.807) is 11.3 Å². The minimum atomic E-state index is 0.270. The fraction of sp³-hybridized carbons (Fsp3) is 0.312. The van der Waals surface area contributed by atoms with Gasteiger partial charge in [0.05, 0.1) is 11.4 Å². The van der Waals surface area contributed by atoms with Crippen LogP contribution in [-0.4, -0.2) is 9.38 Å². The fourth-order valence-corrected chi connectivity index (χ4v) is 3.55. The molecule has 1 atom stereocenters.